The Bertz CT molecular complexity index is 1790. The number of likely N-dealkylation sites (tertiary alicyclic amines) is 1. The largest absolute Gasteiger partial charge is 0.490 e. The first-order valence-electron chi connectivity index (χ1n) is 15.2. The molecule has 1 atom stereocenters. The van der Waals surface area contributed by atoms with E-state index < -0.39 is 12.1 Å². The van der Waals surface area contributed by atoms with Crippen LogP contribution in [0.2, 0.25) is 5.02 Å². The van der Waals surface area contributed by atoms with Crippen molar-refractivity contribution in [2.24, 2.45) is 5.92 Å². The van der Waals surface area contributed by atoms with Gasteiger partial charge < -0.3 is 26.0 Å². The lowest BCUT2D eigenvalue weighted by Crippen LogP contribution is -2.40. The predicted octanol–water partition coefficient (Wildman–Crippen LogP) is 7.23. The minimum Gasteiger partial charge on any atom is -0.475 e. The van der Waals surface area contributed by atoms with Crippen LogP contribution in [-0.4, -0.2) is 57.0 Å². The molecule has 2 aliphatic rings. The predicted molar refractivity (Wildman–Crippen MR) is 176 cm³/mol. The fraction of sp³-hybridized carbons (Fsp3) is 0.265. The summed E-state index contributed by atoms with van der Waals surface area (Å²) in [7, 11) is 0. The summed E-state index contributed by atoms with van der Waals surface area (Å²) in [6.45, 7) is 1.31. The smallest absolute Gasteiger partial charge is 0.475 e. The number of carboxylic acids is 1. The molecule has 2 aliphatic heterocycles. The van der Waals surface area contributed by atoms with Crippen molar-refractivity contribution in [1.29, 1.82) is 0 Å². The Morgan fingerprint density at radius 1 is 0.979 bits per heavy atom. The first kappa shape index (κ1) is 34.2. The van der Waals surface area contributed by atoms with E-state index in [1.54, 1.807) is 6.20 Å². The molecule has 6 rings (SSSR count). The summed E-state index contributed by atoms with van der Waals surface area (Å²) in [6.07, 6.45) is 0.189. The van der Waals surface area contributed by atoms with Gasteiger partial charge in [0.1, 0.15) is 5.02 Å². The first-order chi connectivity index (χ1) is 22.9. The summed E-state index contributed by atoms with van der Waals surface area (Å²) >= 11 is 6.39. The lowest BCUT2D eigenvalue weighted by Gasteiger charge is -2.32. The number of amides is 2. The lowest BCUT2D eigenvalue weighted by atomic mass is 9.93. The Hall–Kier alpha value is -5.17. The molecule has 1 fully saturated rings. The molecule has 10 nitrogen and oxygen atoms in total. The van der Waals surface area contributed by atoms with E-state index in [2.05, 4.69) is 38.1 Å². The Labute approximate surface area is 279 Å². The summed E-state index contributed by atoms with van der Waals surface area (Å²) in [4.78, 5) is 45.8. The highest BCUT2D eigenvalue weighted by Gasteiger charge is 2.38. The van der Waals surface area contributed by atoms with Crippen LogP contribution in [0.15, 0.2) is 79.0 Å². The number of carbonyl (C=O) groups is 3. The molecule has 1 saturated heterocycles. The average Bonchev–Trinajstić information content (AvgIpc) is 3.06. The van der Waals surface area contributed by atoms with Crippen molar-refractivity contribution in [3.8, 4) is 0 Å². The number of aryl methyl sites for hydroxylation is 2. The van der Waals surface area contributed by atoms with Gasteiger partial charge in [-0.2, -0.15) is 18.2 Å². The second-order valence-corrected chi connectivity index (χ2v) is 11.8. The van der Waals surface area contributed by atoms with E-state index in [0.29, 0.717) is 35.3 Å². The molecule has 4 aromatic rings. The van der Waals surface area contributed by atoms with Crippen LogP contribution in [0.25, 0.3) is 0 Å². The molecule has 0 radical (unpaired) electrons. The molecule has 48 heavy (non-hydrogen) atoms. The molecule has 0 aliphatic carbocycles. The highest BCUT2D eigenvalue weighted by molar-refractivity contribution is 6.32. The van der Waals surface area contributed by atoms with Gasteiger partial charge in [-0.1, -0.05) is 41.9 Å². The molecule has 0 spiro atoms. The van der Waals surface area contributed by atoms with Crippen molar-refractivity contribution >= 4 is 58.2 Å². The van der Waals surface area contributed by atoms with Gasteiger partial charge in [0.05, 0.1) is 6.20 Å². The average molecular weight is 681 g/mol. The number of anilines is 5. The quantitative estimate of drug-likeness (QED) is 0.177. The molecule has 14 heteroatoms. The van der Waals surface area contributed by atoms with Crippen molar-refractivity contribution in [2.75, 3.05) is 29.0 Å². The van der Waals surface area contributed by atoms with Gasteiger partial charge in [-0.05, 0) is 85.2 Å². The number of fused-ring (bicyclic) bond motifs is 6. The number of aromatic nitrogens is 2. The molecule has 2 amide bonds. The summed E-state index contributed by atoms with van der Waals surface area (Å²) in [5.41, 5.74) is 5.35. The number of rotatable bonds is 4. The summed E-state index contributed by atoms with van der Waals surface area (Å²) in [5.74, 6) is -1.71. The Kier molecular flexibility index (Phi) is 10.8. The molecular formula is C34H32ClF3N6O4. The number of nitrogens with one attached hydrogen (secondary N) is 3. The van der Waals surface area contributed by atoms with Gasteiger partial charge in [0.25, 0.3) is 5.91 Å². The number of benzene rings is 3. The maximum atomic E-state index is 13.3. The van der Waals surface area contributed by atoms with Gasteiger partial charge in [0.2, 0.25) is 11.9 Å². The zero-order valence-electron chi connectivity index (χ0n) is 25.6. The number of hydrogen-bond donors (Lipinski definition) is 4. The molecule has 6 bridgehead atoms. The van der Waals surface area contributed by atoms with Crippen molar-refractivity contribution in [1.82, 2.24) is 14.9 Å². The third-order valence-corrected chi connectivity index (χ3v) is 8.07. The van der Waals surface area contributed by atoms with Crippen molar-refractivity contribution in [3.63, 3.8) is 0 Å². The van der Waals surface area contributed by atoms with Gasteiger partial charge in [-0.25, -0.2) is 9.78 Å². The fourth-order valence-electron chi connectivity index (χ4n) is 5.51. The monoisotopic (exact) mass is 680 g/mol. The van der Waals surface area contributed by atoms with Gasteiger partial charge in [-0.15, -0.1) is 0 Å². The molecule has 0 saturated carbocycles. The minimum absolute atomic E-state index is 0.0280. The molecule has 4 N–H and O–H groups in total. The second-order valence-electron chi connectivity index (χ2n) is 11.4. The third kappa shape index (κ3) is 9.22. The standard InChI is InChI=1S/C32H31ClN6O2.C2HF3O2/c33-27-19-34-32-36-25-10-4-6-21(16-25)11-12-24-18-26(35-30(27)38-32)13-14-28(24)37-29(40)17-22-7-5-15-39(20-22)31(41)23-8-2-1-3-9-23;3-2(4,5)1(6)7/h1-4,6,8-10,13-14,16,18-19,22H,5,7,11-12,15,17,20H2,(H,37,40)(H2,34,35,36,38);(H,6,7)/t22-;/m0./s1. The number of hydrogen-bond acceptors (Lipinski definition) is 7. The molecule has 3 aromatic carbocycles. The maximum absolute atomic E-state index is 13.3. The molecule has 250 valence electrons. The Balaban J connectivity index is 0.000000582. The van der Waals surface area contributed by atoms with Crippen LogP contribution in [0.3, 0.4) is 0 Å². The SMILES string of the molecule is O=C(C[C@@H]1CCCN(C(=O)c2ccccc2)C1)Nc1ccc2cc1CCc1cccc(c1)Nc1ncc(Cl)c(n1)N2.O=C(O)C(F)(F)F. The number of carboxylic acid groups (broad SMARTS) is 1. The van der Waals surface area contributed by atoms with Gasteiger partial charge in [-0.3, -0.25) is 9.59 Å². The van der Waals surface area contributed by atoms with Crippen LogP contribution in [-0.2, 0) is 22.4 Å². The van der Waals surface area contributed by atoms with E-state index in [1.165, 1.54) is 0 Å². The number of piperidine rings is 1. The number of alkyl halides is 3. The molecule has 0 unspecified atom stereocenters. The van der Waals surface area contributed by atoms with Crippen LogP contribution in [0.5, 0.6) is 0 Å². The van der Waals surface area contributed by atoms with E-state index in [1.807, 2.05) is 65.6 Å². The maximum Gasteiger partial charge on any atom is 0.490 e. The number of carbonyl (C=O) groups excluding carboxylic acids is 2. The van der Waals surface area contributed by atoms with Gasteiger partial charge >= 0.3 is 12.1 Å². The summed E-state index contributed by atoms with van der Waals surface area (Å²) in [5, 5.41) is 17.2. The first-order valence-corrected chi connectivity index (χ1v) is 15.5. The minimum atomic E-state index is -5.08. The zero-order valence-corrected chi connectivity index (χ0v) is 26.3. The van der Waals surface area contributed by atoms with Crippen LogP contribution < -0.4 is 16.0 Å². The van der Waals surface area contributed by atoms with Crippen LogP contribution in [0.4, 0.5) is 42.0 Å². The topological polar surface area (TPSA) is 137 Å². The van der Waals surface area contributed by atoms with Crippen LogP contribution in [0.1, 0.15) is 40.7 Å². The van der Waals surface area contributed by atoms with Crippen LogP contribution >= 0.6 is 11.6 Å². The normalized spacial score (nSPS) is 15.5. The number of halogens is 4. The molecule has 1 aromatic heterocycles. The van der Waals surface area contributed by atoms with Crippen molar-refractivity contribution in [3.05, 3.63) is 101 Å². The number of nitrogens with zero attached hydrogens (tertiary/aromatic N) is 3. The van der Waals surface area contributed by atoms with Gasteiger partial charge in [0, 0.05) is 42.1 Å². The van der Waals surface area contributed by atoms with Crippen molar-refractivity contribution in [2.45, 2.75) is 38.3 Å². The fourth-order valence-corrected chi connectivity index (χ4v) is 5.65. The van der Waals surface area contributed by atoms with E-state index in [0.717, 1.165) is 60.4 Å². The highest BCUT2D eigenvalue weighted by Crippen LogP contribution is 2.30. The molecular weight excluding hydrogens is 649 g/mol. The van der Waals surface area contributed by atoms with Gasteiger partial charge in [0.15, 0.2) is 5.82 Å². The van der Waals surface area contributed by atoms with E-state index in [4.69, 9.17) is 21.5 Å². The Morgan fingerprint density at radius 3 is 2.48 bits per heavy atom. The molecule has 3 heterocycles. The second kappa shape index (κ2) is 15.2. The number of aliphatic carboxylic acids is 1. The summed E-state index contributed by atoms with van der Waals surface area (Å²) in [6, 6.07) is 23.3. The summed E-state index contributed by atoms with van der Waals surface area (Å²) < 4.78 is 31.7. The van der Waals surface area contributed by atoms with Crippen molar-refractivity contribution < 1.29 is 32.7 Å². The van der Waals surface area contributed by atoms with E-state index >= 15 is 0 Å². The Morgan fingerprint density at radius 2 is 1.73 bits per heavy atom. The van der Waals surface area contributed by atoms with E-state index in [-0.39, 0.29) is 17.7 Å². The highest BCUT2D eigenvalue weighted by atomic mass is 35.5. The lowest BCUT2D eigenvalue weighted by molar-refractivity contribution is -0.192. The third-order valence-electron chi connectivity index (χ3n) is 7.80. The van der Waals surface area contributed by atoms with E-state index in [9.17, 15) is 22.8 Å². The van der Waals surface area contributed by atoms with Crippen LogP contribution in [0, 0.1) is 5.92 Å². The zero-order chi connectivity index (χ0) is 34.3.